The van der Waals surface area contributed by atoms with Gasteiger partial charge in [-0.15, -0.1) is 0 Å². The fourth-order valence-electron chi connectivity index (χ4n) is 2.15. The Morgan fingerprint density at radius 3 is 1.60 bits per heavy atom. The lowest BCUT2D eigenvalue weighted by atomic mass is 10.1. The van der Waals surface area contributed by atoms with Gasteiger partial charge in [-0.05, 0) is 49.2 Å². The van der Waals surface area contributed by atoms with Crippen LogP contribution in [0.25, 0.3) is 0 Å². The van der Waals surface area contributed by atoms with Crippen LogP contribution in [0.15, 0.2) is 36.4 Å². The average molecular weight is 446 g/mol. The van der Waals surface area contributed by atoms with Gasteiger partial charge in [0, 0.05) is 11.4 Å². The molecule has 0 radical (unpaired) electrons. The van der Waals surface area contributed by atoms with Crippen molar-refractivity contribution >= 4 is 17.3 Å². The van der Waals surface area contributed by atoms with E-state index < -0.39 is 41.3 Å². The summed E-state index contributed by atoms with van der Waals surface area (Å²) in [5.41, 5.74) is 3.08. The Balaban J connectivity index is 0.000000325. The van der Waals surface area contributed by atoms with Crippen molar-refractivity contribution in [1.82, 2.24) is 0 Å². The van der Waals surface area contributed by atoms with Gasteiger partial charge >= 0.3 is 24.4 Å². The third kappa shape index (κ3) is 7.16. The summed E-state index contributed by atoms with van der Waals surface area (Å²) in [5, 5.41) is 1.36. The summed E-state index contributed by atoms with van der Waals surface area (Å²) >= 11 is 0. The number of nitrogens with one attached hydrogen (secondary N) is 1. The third-order valence-electron chi connectivity index (χ3n) is 3.63. The molecule has 2 rings (SSSR count). The zero-order chi connectivity index (χ0) is 23.5. The molecule has 2 aromatic carbocycles. The second kappa shape index (κ2) is 8.84. The number of halogens is 9. The molecule has 0 aliphatic rings. The molecule has 0 fully saturated rings. The highest BCUT2D eigenvalue weighted by Gasteiger charge is 2.39. The number of nitrogens with two attached hydrogens (primary N) is 1. The van der Waals surface area contributed by atoms with Crippen LogP contribution >= 0.6 is 0 Å². The number of benzene rings is 2. The summed E-state index contributed by atoms with van der Waals surface area (Å²) in [6, 6.07) is 6.15. The summed E-state index contributed by atoms with van der Waals surface area (Å²) in [4.78, 5) is 10.6. The maximum absolute atomic E-state index is 12.5. The third-order valence-corrected chi connectivity index (χ3v) is 3.63. The molecule has 30 heavy (non-hydrogen) atoms. The van der Waals surface area contributed by atoms with Crippen molar-refractivity contribution in [1.29, 1.82) is 0 Å². The molecule has 3 nitrogen and oxygen atoms in total. The number of carbonyl (C=O) groups excluding carboxylic acids is 1. The lowest BCUT2D eigenvalue weighted by Crippen LogP contribution is -2.30. The predicted octanol–water partition coefficient (Wildman–Crippen LogP) is 6.11. The minimum absolute atomic E-state index is 0.132. The first-order valence-electron chi connectivity index (χ1n) is 7.92. The van der Waals surface area contributed by atoms with Crippen LogP contribution in [-0.2, 0) is 17.1 Å². The van der Waals surface area contributed by atoms with Crippen molar-refractivity contribution in [2.45, 2.75) is 32.4 Å². The van der Waals surface area contributed by atoms with Crippen molar-refractivity contribution in [2.75, 3.05) is 11.1 Å². The fourth-order valence-corrected chi connectivity index (χ4v) is 2.15. The van der Waals surface area contributed by atoms with E-state index in [2.05, 4.69) is 0 Å². The largest absolute Gasteiger partial charge is 0.471 e. The van der Waals surface area contributed by atoms with Crippen LogP contribution in [-0.4, -0.2) is 12.1 Å². The number of alkyl halides is 9. The molecule has 0 saturated heterocycles. The highest BCUT2D eigenvalue weighted by molar-refractivity contribution is 5.95. The maximum Gasteiger partial charge on any atom is 0.471 e. The van der Waals surface area contributed by atoms with Gasteiger partial charge < -0.3 is 11.1 Å². The van der Waals surface area contributed by atoms with Crippen LogP contribution in [0.3, 0.4) is 0 Å². The van der Waals surface area contributed by atoms with Crippen LogP contribution in [0.5, 0.6) is 0 Å². The quantitative estimate of drug-likeness (QED) is 0.410. The van der Waals surface area contributed by atoms with Crippen LogP contribution < -0.4 is 11.1 Å². The minimum Gasteiger partial charge on any atom is -0.399 e. The Kier molecular flexibility index (Phi) is 7.40. The van der Waals surface area contributed by atoms with Crippen LogP contribution in [0, 0.1) is 13.8 Å². The minimum atomic E-state index is -5.15. The van der Waals surface area contributed by atoms with E-state index in [4.69, 9.17) is 5.73 Å². The lowest BCUT2D eigenvalue weighted by molar-refractivity contribution is -0.167. The van der Waals surface area contributed by atoms with E-state index in [1.807, 2.05) is 0 Å². The first-order chi connectivity index (χ1) is 13.4. The molecule has 3 N–H and O–H groups in total. The van der Waals surface area contributed by atoms with Crippen molar-refractivity contribution < 1.29 is 44.3 Å². The number of hydrogen-bond donors (Lipinski definition) is 2. The highest BCUT2D eigenvalue weighted by atomic mass is 19.4. The molecule has 0 spiro atoms. The lowest BCUT2D eigenvalue weighted by Gasteiger charge is -2.13. The number of aryl methyl sites for hydroxylation is 2. The summed E-state index contributed by atoms with van der Waals surface area (Å²) < 4.78 is 110. The number of anilines is 2. The number of hydrogen-bond acceptors (Lipinski definition) is 2. The van der Waals surface area contributed by atoms with Crippen molar-refractivity contribution in [3.05, 3.63) is 58.7 Å². The average Bonchev–Trinajstić information content (AvgIpc) is 2.56. The van der Waals surface area contributed by atoms with E-state index >= 15 is 0 Å². The topological polar surface area (TPSA) is 55.1 Å². The van der Waals surface area contributed by atoms with Gasteiger partial charge in [-0.3, -0.25) is 4.79 Å². The van der Waals surface area contributed by atoms with Crippen LogP contribution in [0.4, 0.5) is 50.9 Å². The first kappa shape index (κ1) is 25.1. The molecule has 0 aromatic heterocycles. The van der Waals surface area contributed by atoms with E-state index in [0.717, 1.165) is 25.1 Å². The molecule has 0 saturated carbocycles. The molecule has 12 heteroatoms. The number of rotatable bonds is 1. The number of nitrogen functional groups attached to an aromatic ring is 1. The number of carbonyl (C=O) groups is 1. The van der Waals surface area contributed by atoms with Gasteiger partial charge in [-0.25, -0.2) is 0 Å². The zero-order valence-corrected chi connectivity index (χ0v) is 15.4. The Bertz CT molecular complexity index is 900. The molecule has 0 atom stereocenters. The molecule has 0 bridgehead atoms. The fraction of sp³-hybridized carbons (Fsp3) is 0.278. The molecule has 166 valence electrons. The van der Waals surface area contributed by atoms with Gasteiger partial charge in [0.15, 0.2) is 0 Å². The first-order valence-corrected chi connectivity index (χ1v) is 7.92. The number of amides is 1. The van der Waals surface area contributed by atoms with E-state index in [1.165, 1.54) is 24.4 Å². The van der Waals surface area contributed by atoms with Gasteiger partial charge in [0.25, 0.3) is 0 Å². The maximum atomic E-state index is 12.5. The highest BCUT2D eigenvalue weighted by Crippen LogP contribution is 2.34. The Labute approximate surface area is 164 Å². The summed E-state index contributed by atoms with van der Waals surface area (Å²) in [5.74, 6) is -2.32. The second-order valence-electron chi connectivity index (χ2n) is 6.05. The predicted molar refractivity (Wildman–Crippen MR) is 91.5 cm³/mol. The van der Waals surface area contributed by atoms with Gasteiger partial charge in [0.2, 0.25) is 0 Å². The van der Waals surface area contributed by atoms with Crippen LogP contribution in [0.1, 0.15) is 22.3 Å². The summed E-state index contributed by atoms with van der Waals surface area (Å²) in [6.45, 7) is 2.57. The summed E-state index contributed by atoms with van der Waals surface area (Å²) in [7, 11) is 0. The standard InChI is InChI=1S/C10H7F6NO.C8H8F3N/c1-5-2-3-6(4-7(5)9(11,12)13)17-8(18)10(14,15)16;1-5-2-3-6(12)4-7(5)8(9,10)11/h2-4H,1H3,(H,17,18);2-4H,12H2,1H3. The molecule has 2 aromatic rings. The van der Waals surface area contributed by atoms with Crippen LogP contribution in [0.2, 0.25) is 0 Å². The molecule has 0 aliphatic heterocycles. The Hall–Kier alpha value is -2.92. The van der Waals surface area contributed by atoms with Gasteiger partial charge in [-0.1, -0.05) is 12.1 Å². The SMILES string of the molecule is Cc1ccc(N)cc1C(F)(F)F.Cc1ccc(NC(=O)C(F)(F)F)cc1C(F)(F)F. The molecular weight excluding hydrogens is 431 g/mol. The molecular formula is C18H15F9N2O. The summed E-state index contributed by atoms with van der Waals surface area (Å²) in [6.07, 6.45) is -14.1. The van der Waals surface area contributed by atoms with Crippen molar-refractivity contribution in [3.8, 4) is 0 Å². The van der Waals surface area contributed by atoms with Crippen molar-refractivity contribution in [2.24, 2.45) is 0 Å². The Morgan fingerprint density at radius 2 is 1.20 bits per heavy atom. The van der Waals surface area contributed by atoms with Crippen molar-refractivity contribution in [3.63, 3.8) is 0 Å². The van der Waals surface area contributed by atoms with Gasteiger partial charge in [-0.2, -0.15) is 39.5 Å². The second-order valence-corrected chi connectivity index (χ2v) is 6.05. The molecule has 0 aliphatic carbocycles. The van der Waals surface area contributed by atoms with E-state index in [9.17, 15) is 44.3 Å². The zero-order valence-electron chi connectivity index (χ0n) is 15.4. The molecule has 0 heterocycles. The monoisotopic (exact) mass is 446 g/mol. The van der Waals surface area contributed by atoms with E-state index in [1.54, 1.807) is 0 Å². The smallest absolute Gasteiger partial charge is 0.399 e. The van der Waals surface area contributed by atoms with E-state index in [0.29, 0.717) is 6.07 Å². The van der Waals surface area contributed by atoms with Gasteiger partial charge in [0.05, 0.1) is 11.1 Å². The normalized spacial score (nSPS) is 12.1. The molecule has 1 amide bonds. The van der Waals surface area contributed by atoms with Gasteiger partial charge in [0.1, 0.15) is 0 Å². The molecule has 0 unspecified atom stereocenters. The van der Waals surface area contributed by atoms with E-state index in [-0.39, 0.29) is 16.8 Å². The Morgan fingerprint density at radius 1 is 0.767 bits per heavy atom.